The number of hydrogen-bond acceptors (Lipinski definition) is 5. The van der Waals surface area contributed by atoms with Crippen molar-refractivity contribution in [3.05, 3.63) is 29.2 Å². The number of amides is 1. The molecule has 7 heteroatoms. The van der Waals surface area contributed by atoms with Gasteiger partial charge in [0.2, 0.25) is 5.88 Å². The lowest BCUT2D eigenvalue weighted by Gasteiger charge is -2.38. The molecular weight excluding hydrogens is 318 g/mol. The fraction of sp³-hybridized carbons (Fsp3) is 0.562. The summed E-state index contributed by atoms with van der Waals surface area (Å²) in [5, 5.41) is 0.397. The third-order valence-electron chi connectivity index (χ3n) is 4.08. The third-order valence-corrected chi connectivity index (χ3v) is 4.46. The van der Waals surface area contributed by atoms with Crippen molar-refractivity contribution >= 4 is 17.7 Å². The van der Waals surface area contributed by atoms with Gasteiger partial charge >= 0.3 is 6.09 Å². The van der Waals surface area contributed by atoms with Crippen LogP contribution in [0.15, 0.2) is 18.5 Å². The van der Waals surface area contributed by atoms with Crippen LogP contribution in [0.3, 0.4) is 0 Å². The van der Waals surface area contributed by atoms with Crippen molar-refractivity contribution in [1.82, 2.24) is 14.9 Å². The summed E-state index contributed by atoms with van der Waals surface area (Å²) in [6.45, 7) is 5.54. The molecule has 0 radical (unpaired) electrons. The number of ether oxygens (including phenoxy) is 2. The average Bonchev–Trinajstić information content (AvgIpc) is 2.75. The molecule has 0 saturated carbocycles. The van der Waals surface area contributed by atoms with E-state index in [1.807, 2.05) is 20.8 Å². The van der Waals surface area contributed by atoms with Crippen molar-refractivity contribution in [3.8, 4) is 5.88 Å². The molecule has 1 amide bonds. The zero-order chi connectivity index (χ0) is 16.6. The van der Waals surface area contributed by atoms with Gasteiger partial charge in [-0.3, -0.25) is 4.90 Å². The second-order valence-electron chi connectivity index (χ2n) is 6.17. The maximum Gasteiger partial charge on any atom is 0.411 e. The third kappa shape index (κ3) is 3.27. The summed E-state index contributed by atoms with van der Waals surface area (Å²) in [6, 6.07) is 0.00484. The number of carbonyl (C=O) groups is 1. The van der Waals surface area contributed by atoms with Gasteiger partial charge in [-0.2, -0.15) is 0 Å². The average molecular weight is 338 g/mol. The molecule has 1 aromatic heterocycles. The Morgan fingerprint density at radius 3 is 2.57 bits per heavy atom. The summed E-state index contributed by atoms with van der Waals surface area (Å²) in [5.74, 6) is 0.507. The Labute approximate surface area is 140 Å². The smallest absolute Gasteiger partial charge is 0.411 e. The molecule has 2 aliphatic rings. The largest absolute Gasteiger partial charge is 0.474 e. The Balaban J connectivity index is 1.67. The minimum Gasteiger partial charge on any atom is -0.474 e. The summed E-state index contributed by atoms with van der Waals surface area (Å²) < 4.78 is 11.3. The highest BCUT2D eigenvalue weighted by atomic mass is 35.5. The first kappa shape index (κ1) is 16.1. The van der Waals surface area contributed by atoms with Gasteiger partial charge in [-0.1, -0.05) is 23.8 Å². The second-order valence-corrected chi connectivity index (χ2v) is 6.52. The number of fused-ring (bicyclic) bond motifs is 2. The lowest BCUT2D eigenvalue weighted by molar-refractivity contribution is 0.0264. The van der Waals surface area contributed by atoms with Gasteiger partial charge < -0.3 is 9.47 Å². The van der Waals surface area contributed by atoms with Crippen LogP contribution in [0.4, 0.5) is 4.79 Å². The highest BCUT2D eigenvalue weighted by Gasteiger charge is 2.42. The van der Waals surface area contributed by atoms with E-state index in [1.54, 1.807) is 4.90 Å². The predicted molar refractivity (Wildman–Crippen MR) is 85.6 cm³/mol. The number of nitrogens with zero attached hydrogens (tertiary/aromatic N) is 3. The van der Waals surface area contributed by atoms with E-state index in [9.17, 15) is 4.79 Å². The molecule has 0 aromatic carbocycles. The highest BCUT2D eigenvalue weighted by Crippen LogP contribution is 2.34. The van der Waals surface area contributed by atoms with Gasteiger partial charge in [0.1, 0.15) is 17.6 Å². The van der Waals surface area contributed by atoms with Crippen molar-refractivity contribution in [2.45, 2.75) is 57.9 Å². The van der Waals surface area contributed by atoms with Gasteiger partial charge in [0, 0.05) is 18.4 Å². The van der Waals surface area contributed by atoms with Crippen molar-refractivity contribution in [2.24, 2.45) is 0 Å². The van der Waals surface area contributed by atoms with Crippen molar-refractivity contribution in [1.29, 1.82) is 0 Å². The lowest BCUT2D eigenvalue weighted by atomic mass is 9.99. The van der Waals surface area contributed by atoms with E-state index >= 15 is 0 Å². The molecule has 6 nitrogen and oxygen atoms in total. The molecule has 3 rings (SSSR count). The number of carbonyl (C=O) groups excluding carboxylic acids is 1. The number of aromatic nitrogens is 2. The van der Waals surface area contributed by atoms with Crippen LogP contribution in [0.25, 0.3) is 0 Å². The van der Waals surface area contributed by atoms with Gasteiger partial charge in [0.05, 0.1) is 18.2 Å². The Morgan fingerprint density at radius 2 is 1.96 bits per heavy atom. The first-order chi connectivity index (χ1) is 11.0. The number of rotatable bonds is 3. The lowest BCUT2D eigenvalue weighted by Crippen LogP contribution is -2.50. The molecule has 1 saturated heterocycles. The zero-order valence-electron chi connectivity index (χ0n) is 13.4. The van der Waals surface area contributed by atoms with Gasteiger partial charge in [-0.25, -0.2) is 14.8 Å². The summed E-state index contributed by atoms with van der Waals surface area (Å²) in [6.07, 6.45) is 6.51. The van der Waals surface area contributed by atoms with Gasteiger partial charge in [0.25, 0.3) is 0 Å². The molecule has 1 fully saturated rings. The molecule has 3 atom stereocenters. The van der Waals surface area contributed by atoms with Crippen LogP contribution >= 0.6 is 11.6 Å². The molecule has 23 heavy (non-hydrogen) atoms. The molecule has 0 N–H and O–H groups in total. The minimum atomic E-state index is -0.264. The van der Waals surface area contributed by atoms with Crippen LogP contribution < -0.4 is 4.74 Å². The summed E-state index contributed by atoms with van der Waals surface area (Å²) >= 11 is 6.00. The topological polar surface area (TPSA) is 64.6 Å². The molecule has 0 aliphatic carbocycles. The molecular formula is C16H20ClN3O3. The van der Waals surface area contributed by atoms with Gasteiger partial charge in [0.15, 0.2) is 0 Å². The number of halogens is 1. The maximum atomic E-state index is 12.2. The Morgan fingerprint density at radius 1 is 1.30 bits per heavy atom. The molecule has 2 aliphatic heterocycles. The van der Waals surface area contributed by atoms with Gasteiger partial charge in [-0.15, -0.1) is 0 Å². The first-order valence-electron chi connectivity index (χ1n) is 7.76. The molecule has 1 aromatic rings. The number of piperidine rings is 1. The van der Waals surface area contributed by atoms with Crippen LogP contribution in [0.5, 0.6) is 5.88 Å². The molecule has 2 bridgehead atoms. The predicted octanol–water partition coefficient (Wildman–Crippen LogP) is 3.13. The molecule has 1 unspecified atom stereocenters. The van der Waals surface area contributed by atoms with Crippen LogP contribution in [0.1, 0.15) is 32.3 Å². The SMILES string of the molecule is Cc1c(Cl)ncnc1O[C@H]1CC2C=C[C@@H](C1)N2C(=O)OC(C)C. The van der Waals surface area contributed by atoms with Crippen molar-refractivity contribution < 1.29 is 14.3 Å². The zero-order valence-corrected chi connectivity index (χ0v) is 14.2. The van der Waals surface area contributed by atoms with E-state index in [0.717, 1.165) is 5.56 Å². The van der Waals surface area contributed by atoms with Crippen LogP contribution in [-0.2, 0) is 4.74 Å². The van der Waals surface area contributed by atoms with Crippen LogP contribution in [0.2, 0.25) is 5.15 Å². The van der Waals surface area contributed by atoms with E-state index in [-0.39, 0.29) is 30.4 Å². The summed E-state index contributed by atoms with van der Waals surface area (Å²) in [4.78, 5) is 22.1. The van der Waals surface area contributed by atoms with Crippen LogP contribution in [-0.4, -0.2) is 45.3 Å². The van der Waals surface area contributed by atoms with Crippen molar-refractivity contribution in [2.75, 3.05) is 0 Å². The fourth-order valence-electron chi connectivity index (χ4n) is 3.03. The summed E-state index contributed by atoms with van der Waals surface area (Å²) in [7, 11) is 0. The number of hydrogen-bond donors (Lipinski definition) is 0. The standard InChI is InChI=1S/C16H20ClN3O3/c1-9(2)22-16(21)20-11-4-5-12(20)7-13(6-11)23-15-10(3)14(17)18-8-19-15/h4-5,8-9,11-13H,6-7H2,1-3H3/t11-,12?,13+/m0/s1. The Kier molecular flexibility index (Phi) is 4.43. The Hall–Kier alpha value is -1.82. The normalized spacial score (nSPS) is 25.8. The highest BCUT2D eigenvalue weighted by molar-refractivity contribution is 6.30. The first-order valence-corrected chi connectivity index (χ1v) is 8.14. The second kappa shape index (κ2) is 6.35. The van der Waals surface area contributed by atoms with Crippen LogP contribution in [0, 0.1) is 6.92 Å². The monoisotopic (exact) mass is 337 g/mol. The van der Waals surface area contributed by atoms with E-state index in [4.69, 9.17) is 21.1 Å². The van der Waals surface area contributed by atoms with E-state index < -0.39 is 0 Å². The van der Waals surface area contributed by atoms with Gasteiger partial charge in [-0.05, 0) is 20.8 Å². The van der Waals surface area contributed by atoms with E-state index in [1.165, 1.54) is 6.33 Å². The Bertz CT molecular complexity index is 619. The maximum absolute atomic E-state index is 12.2. The molecule has 3 heterocycles. The fourth-order valence-corrected chi connectivity index (χ4v) is 3.15. The molecule has 124 valence electrons. The van der Waals surface area contributed by atoms with E-state index in [0.29, 0.717) is 23.9 Å². The quantitative estimate of drug-likeness (QED) is 0.626. The minimum absolute atomic E-state index is 0.00242. The van der Waals surface area contributed by atoms with Crippen molar-refractivity contribution in [3.63, 3.8) is 0 Å². The summed E-state index contributed by atoms with van der Waals surface area (Å²) in [5.41, 5.74) is 0.733. The van der Waals surface area contributed by atoms with E-state index in [2.05, 4.69) is 22.1 Å². The molecule has 0 spiro atoms.